The fourth-order valence-corrected chi connectivity index (χ4v) is 1.92. The molecule has 1 atom stereocenters. The lowest BCUT2D eigenvalue weighted by molar-refractivity contribution is 0.690. The van der Waals surface area contributed by atoms with Crippen molar-refractivity contribution in [3.05, 3.63) is 30.5 Å². The molecular formula is C13H19N3. The van der Waals surface area contributed by atoms with E-state index in [1.54, 1.807) is 0 Å². The molecule has 0 saturated heterocycles. The van der Waals surface area contributed by atoms with Crippen LogP contribution in [0, 0.1) is 0 Å². The molecule has 1 heterocycles. The van der Waals surface area contributed by atoms with Crippen LogP contribution in [0.4, 0.5) is 5.69 Å². The second kappa shape index (κ2) is 4.58. The third-order valence-electron chi connectivity index (χ3n) is 2.81. The van der Waals surface area contributed by atoms with Gasteiger partial charge in [0.2, 0.25) is 0 Å². The van der Waals surface area contributed by atoms with Gasteiger partial charge < -0.3 is 15.6 Å². The molecule has 2 aromatic rings. The van der Waals surface area contributed by atoms with Crippen molar-refractivity contribution in [1.82, 2.24) is 4.57 Å². The number of hydrogen-bond donors (Lipinski definition) is 2. The van der Waals surface area contributed by atoms with E-state index < -0.39 is 0 Å². The van der Waals surface area contributed by atoms with E-state index in [9.17, 15) is 0 Å². The molecule has 1 aromatic heterocycles. The highest BCUT2D eigenvalue weighted by Crippen LogP contribution is 2.24. The van der Waals surface area contributed by atoms with Crippen LogP contribution < -0.4 is 11.1 Å². The predicted molar refractivity (Wildman–Crippen MR) is 69.7 cm³/mol. The van der Waals surface area contributed by atoms with E-state index in [2.05, 4.69) is 47.4 Å². The lowest BCUT2D eigenvalue weighted by atomic mass is 10.2. The van der Waals surface area contributed by atoms with Gasteiger partial charge in [0.05, 0.1) is 5.69 Å². The van der Waals surface area contributed by atoms with E-state index in [0.29, 0.717) is 0 Å². The van der Waals surface area contributed by atoms with Crippen molar-refractivity contribution in [3.63, 3.8) is 0 Å². The van der Waals surface area contributed by atoms with Crippen LogP contribution in [-0.2, 0) is 7.05 Å². The van der Waals surface area contributed by atoms with Gasteiger partial charge in [0.1, 0.15) is 0 Å². The zero-order valence-corrected chi connectivity index (χ0v) is 9.90. The highest BCUT2D eigenvalue weighted by atomic mass is 15.0. The summed E-state index contributed by atoms with van der Waals surface area (Å²) in [4.78, 5) is 0. The average Bonchev–Trinajstić information content (AvgIpc) is 2.57. The molecule has 16 heavy (non-hydrogen) atoms. The molecule has 86 valence electrons. The summed E-state index contributed by atoms with van der Waals surface area (Å²) in [5.74, 6) is 0. The Balaban J connectivity index is 2.18. The molecule has 0 aliphatic carbocycles. The Labute approximate surface area is 96.2 Å². The van der Waals surface area contributed by atoms with Crippen molar-refractivity contribution in [3.8, 4) is 0 Å². The predicted octanol–water partition coefficient (Wildman–Crippen LogP) is 2.33. The van der Waals surface area contributed by atoms with Crippen LogP contribution in [0.2, 0.25) is 0 Å². The molecule has 0 spiro atoms. The Hall–Kier alpha value is -1.48. The van der Waals surface area contributed by atoms with E-state index in [1.807, 2.05) is 6.92 Å². The summed E-state index contributed by atoms with van der Waals surface area (Å²) in [6, 6.07) is 8.66. The summed E-state index contributed by atoms with van der Waals surface area (Å²) in [5.41, 5.74) is 8.18. The Morgan fingerprint density at radius 3 is 2.88 bits per heavy atom. The van der Waals surface area contributed by atoms with Gasteiger partial charge >= 0.3 is 0 Å². The summed E-state index contributed by atoms with van der Waals surface area (Å²) in [5, 5.41) is 4.71. The molecular weight excluding hydrogens is 198 g/mol. The molecule has 0 saturated carbocycles. The number of anilines is 1. The second-order valence-electron chi connectivity index (χ2n) is 4.36. The largest absolute Gasteiger partial charge is 0.383 e. The normalized spacial score (nSPS) is 12.9. The molecule has 3 heteroatoms. The first-order valence-electron chi connectivity index (χ1n) is 5.72. The van der Waals surface area contributed by atoms with Crippen LogP contribution in [0.25, 0.3) is 10.9 Å². The highest BCUT2D eigenvalue weighted by molar-refractivity contribution is 5.92. The summed E-state index contributed by atoms with van der Waals surface area (Å²) < 4.78 is 2.14. The maximum absolute atomic E-state index is 5.73. The second-order valence-corrected chi connectivity index (χ2v) is 4.36. The van der Waals surface area contributed by atoms with Crippen LogP contribution in [0.1, 0.15) is 13.3 Å². The minimum atomic E-state index is 0.252. The van der Waals surface area contributed by atoms with Crippen LogP contribution in [0.15, 0.2) is 30.5 Å². The Morgan fingerprint density at radius 1 is 1.38 bits per heavy atom. The number of aryl methyl sites for hydroxylation is 1. The first kappa shape index (κ1) is 11.0. The Morgan fingerprint density at radius 2 is 2.12 bits per heavy atom. The highest BCUT2D eigenvalue weighted by Gasteiger charge is 2.04. The van der Waals surface area contributed by atoms with Crippen molar-refractivity contribution in [2.75, 3.05) is 11.9 Å². The summed E-state index contributed by atoms with van der Waals surface area (Å²) >= 11 is 0. The third kappa shape index (κ3) is 2.19. The van der Waals surface area contributed by atoms with Crippen molar-refractivity contribution < 1.29 is 0 Å². The average molecular weight is 217 g/mol. The molecule has 0 aliphatic rings. The maximum Gasteiger partial charge on any atom is 0.0600 e. The maximum atomic E-state index is 5.73. The molecule has 0 bridgehead atoms. The van der Waals surface area contributed by atoms with Gasteiger partial charge in [-0.15, -0.1) is 0 Å². The molecule has 1 aromatic carbocycles. The Bertz CT molecular complexity index is 471. The zero-order chi connectivity index (χ0) is 11.5. The number of para-hydroxylation sites is 1. The fourth-order valence-electron chi connectivity index (χ4n) is 1.92. The Kier molecular flexibility index (Phi) is 3.15. The van der Waals surface area contributed by atoms with Gasteiger partial charge in [-0.1, -0.05) is 18.2 Å². The molecule has 0 amide bonds. The minimum absolute atomic E-state index is 0.252. The van der Waals surface area contributed by atoms with Gasteiger partial charge in [-0.2, -0.15) is 0 Å². The minimum Gasteiger partial charge on any atom is -0.383 e. The molecule has 3 N–H and O–H groups in total. The SMILES string of the molecule is CC(N)CCNc1cn(C)c2ccccc12. The summed E-state index contributed by atoms with van der Waals surface area (Å²) in [6.07, 6.45) is 3.12. The molecule has 2 rings (SSSR count). The molecule has 1 unspecified atom stereocenters. The number of rotatable bonds is 4. The lowest BCUT2D eigenvalue weighted by Crippen LogP contribution is -2.19. The van der Waals surface area contributed by atoms with Crippen molar-refractivity contribution in [2.24, 2.45) is 12.8 Å². The molecule has 0 fully saturated rings. The van der Waals surface area contributed by atoms with Crippen LogP contribution in [0.5, 0.6) is 0 Å². The van der Waals surface area contributed by atoms with Crippen molar-refractivity contribution >= 4 is 16.6 Å². The van der Waals surface area contributed by atoms with Crippen LogP contribution in [0.3, 0.4) is 0 Å². The molecule has 3 nitrogen and oxygen atoms in total. The van der Waals surface area contributed by atoms with Gasteiger partial charge in [-0.25, -0.2) is 0 Å². The molecule has 0 radical (unpaired) electrons. The lowest BCUT2D eigenvalue weighted by Gasteiger charge is -2.06. The first-order valence-corrected chi connectivity index (χ1v) is 5.72. The zero-order valence-electron chi connectivity index (χ0n) is 9.90. The van der Waals surface area contributed by atoms with Gasteiger partial charge in [-0.3, -0.25) is 0 Å². The fraction of sp³-hybridized carbons (Fsp3) is 0.385. The monoisotopic (exact) mass is 217 g/mol. The summed E-state index contributed by atoms with van der Waals surface area (Å²) in [6.45, 7) is 2.95. The quantitative estimate of drug-likeness (QED) is 0.825. The third-order valence-corrected chi connectivity index (χ3v) is 2.81. The molecule has 0 aliphatic heterocycles. The number of aromatic nitrogens is 1. The van der Waals surface area contributed by atoms with E-state index in [1.165, 1.54) is 16.6 Å². The van der Waals surface area contributed by atoms with Gasteiger partial charge in [-0.05, 0) is 19.4 Å². The van der Waals surface area contributed by atoms with E-state index in [-0.39, 0.29) is 6.04 Å². The number of fused-ring (bicyclic) bond motifs is 1. The van der Waals surface area contributed by atoms with Crippen molar-refractivity contribution in [2.45, 2.75) is 19.4 Å². The topological polar surface area (TPSA) is 43.0 Å². The van der Waals surface area contributed by atoms with Gasteiger partial charge in [0.15, 0.2) is 0 Å². The first-order chi connectivity index (χ1) is 7.68. The standard InChI is InChI=1S/C13H19N3/c1-10(14)7-8-15-12-9-16(2)13-6-4-3-5-11(12)13/h3-6,9-10,15H,7-8,14H2,1-2H3. The van der Waals surface area contributed by atoms with Crippen LogP contribution >= 0.6 is 0 Å². The van der Waals surface area contributed by atoms with Crippen molar-refractivity contribution in [1.29, 1.82) is 0 Å². The van der Waals surface area contributed by atoms with Crippen LogP contribution in [-0.4, -0.2) is 17.2 Å². The van der Waals surface area contributed by atoms with E-state index in [0.717, 1.165) is 13.0 Å². The van der Waals surface area contributed by atoms with Gasteiger partial charge in [0.25, 0.3) is 0 Å². The summed E-state index contributed by atoms with van der Waals surface area (Å²) in [7, 11) is 2.07. The smallest absolute Gasteiger partial charge is 0.0600 e. The number of nitrogens with two attached hydrogens (primary N) is 1. The van der Waals surface area contributed by atoms with E-state index in [4.69, 9.17) is 5.73 Å². The number of hydrogen-bond acceptors (Lipinski definition) is 2. The van der Waals surface area contributed by atoms with Gasteiger partial charge in [0, 0.05) is 36.7 Å². The van der Waals surface area contributed by atoms with E-state index >= 15 is 0 Å². The number of benzene rings is 1. The number of nitrogens with zero attached hydrogens (tertiary/aromatic N) is 1. The number of nitrogens with one attached hydrogen (secondary N) is 1.